The number of halogens is 1. The maximum atomic E-state index is 12.1. The van der Waals surface area contributed by atoms with E-state index in [1.54, 1.807) is 29.3 Å². The van der Waals surface area contributed by atoms with Gasteiger partial charge in [-0.05, 0) is 42.0 Å². The molecule has 1 heterocycles. The lowest BCUT2D eigenvalue weighted by atomic mass is 10.1. The number of nitrogens with zero attached hydrogens (tertiary/aromatic N) is 2. The van der Waals surface area contributed by atoms with Crippen LogP contribution in [0.25, 0.3) is 0 Å². The predicted octanol–water partition coefficient (Wildman–Crippen LogP) is 2.62. The third kappa shape index (κ3) is 5.07. The fraction of sp³-hybridized carbons (Fsp3) is 0.235. The topological polar surface area (TPSA) is 104 Å². The van der Waals surface area contributed by atoms with Crippen LogP contribution in [0.15, 0.2) is 58.5 Å². The largest absolute Gasteiger partial charge is 0.286 e. The molecular formula is C17H17ClN2O5S2. The molecule has 3 rings (SSSR count). The molecule has 0 amide bonds. The summed E-state index contributed by atoms with van der Waals surface area (Å²) in [5.74, 6) is -1.51. The van der Waals surface area contributed by atoms with Crippen molar-refractivity contribution in [2.45, 2.75) is 11.3 Å². The van der Waals surface area contributed by atoms with Gasteiger partial charge >= 0.3 is 0 Å². The van der Waals surface area contributed by atoms with Crippen LogP contribution in [0.3, 0.4) is 0 Å². The zero-order valence-corrected chi connectivity index (χ0v) is 16.5. The van der Waals surface area contributed by atoms with Crippen molar-refractivity contribution < 1.29 is 21.4 Å². The Morgan fingerprint density at radius 2 is 1.59 bits per heavy atom. The highest BCUT2D eigenvalue weighted by Gasteiger charge is 2.20. The van der Waals surface area contributed by atoms with Gasteiger partial charge in [-0.3, -0.25) is 9.56 Å². The van der Waals surface area contributed by atoms with Gasteiger partial charge in [-0.2, -0.15) is 13.5 Å². The second-order valence-corrected chi connectivity index (χ2v) is 10.1. The minimum absolute atomic E-state index is 0.00370. The Bertz CT molecular complexity index is 1060. The molecule has 2 aromatic carbocycles. The van der Waals surface area contributed by atoms with E-state index in [1.165, 1.54) is 12.1 Å². The smallest absolute Gasteiger partial charge is 0.265 e. The molecule has 0 atom stereocenters. The average Bonchev–Trinajstić information content (AvgIpc) is 3.10. The van der Waals surface area contributed by atoms with E-state index in [9.17, 15) is 16.8 Å². The van der Waals surface area contributed by atoms with E-state index in [0.717, 1.165) is 23.4 Å². The van der Waals surface area contributed by atoms with Gasteiger partial charge in [-0.25, -0.2) is 8.42 Å². The van der Waals surface area contributed by atoms with Crippen molar-refractivity contribution >= 4 is 43.0 Å². The van der Waals surface area contributed by atoms with Crippen molar-refractivity contribution in [2.24, 2.45) is 5.10 Å². The summed E-state index contributed by atoms with van der Waals surface area (Å²) in [5.41, 5.74) is 2.62. The minimum atomic E-state index is -4.34. The van der Waals surface area contributed by atoms with E-state index in [2.05, 4.69) is 5.10 Å². The summed E-state index contributed by atoms with van der Waals surface area (Å²) in [5, 5.41) is 6.99. The van der Waals surface area contributed by atoms with Gasteiger partial charge in [0, 0.05) is 18.0 Å². The zero-order valence-electron chi connectivity index (χ0n) is 14.1. The molecule has 144 valence electrons. The summed E-state index contributed by atoms with van der Waals surface area (Å²) >= 11 is 5.90. The summed E-state index contributed by atoms with van der Waals surface area (Å²) in [6.07, 6.45) is 0.746. The highest BCUT2D eigenvalue weighted by Crippen LogP contribution is 2.24. The van der Waals surface area contributed by atoms with Crippen LogP contribution < -0.4 is 5.01 Å². The van der Waals surface area contributed by atoms with Gasteiger partial charge in [-0.1, -0.05) is 23.7 Å². The van der Waals surface area contributed by atoms with Crippen LogP contribution in [0.1, 0.15) is 12.0 Å². The summed E-state index contributed by atoms with van der Waals surface area (Å²) in [4.78, 5) is -0.00370. The average molecular weight is 429 g/mol. The van der Waals surface area contributed by atoms with E-state index in [-0.39, 0.29) is 4.90 Å². The first-order valence-corrected chi connectivity index (χ1v) is 11.7. The maximum Gasteiger partial charge on any atom is 0.265 e. The number of rotatable bonds is 6. The molecule has 2 aromatic rings. The molecule has 10 heteroatoms. The van der Waals surface area contributed by atoms with Crippen molar-refractivity contribution in [3.05, 3.63) is 59.1 Å². The second-order valence-electron chi connectivity index (χ2n) is 6.03. The predicted molar refractivity (Wildman–Crippen MR) is 105 cm³/mol. The first kappa shape index (κ1) is 19.8. The first-order valence-electron chi connectivity index (χ1n) is 8.03. The van der Waals surface area contributed by atoms with E-state index in [4.69, 9.17) is 16.2 Å². The van der Waals surface area contributed by atoms with Crippen LogP contribution in [-0.2, 0) is 20.0 Å². The Balaban J connectivity index is 1.75. The van der Waals surface area contributed by atoms with Gasteiger partial charge in [0.2, 0.25) is 0 Å². The van der Waals surface area contributed by atoms with E-state index >= 15 is 0 Å². The summed E-state index contributed by atoms with van der Waals surface area (Å²) < 4.78 is 54.6. The van der Waals surface area contributed by atoms with Gasteiger partial charge in [0.25, 0.3) is 10.1 Å². The summed E-state index contributed by atoms with van der Waals surface area (Å²) in [6, 6.07) is 13.5. The standard InChI is InChI=1S/C17H17ClN2O5S2/c18-14-3-1-13(2-4-14)17-9-10-20(19-17)15-5-7-16(8-6-15)26(21,22)11-12-27(23,24)25/h1-8H,9-12H2,(H,23,24,25). The van der Waals surface area contributed by atoms with Crippen LogP contribution in [0, 0.1) is 0 Å². The second kappa shape index (κ2) is 7.59. The summed E-state index contributed by atoms with van der Waals surface area (Å²) in [7, 11) is -8.13. The maximum absolute atomic E-state index is 12.1. The van der Waals surface area contributed by atoms with Crippen molar-refractivity contribution in [2.75, 3.05) is 23.1 Å². The van der Waals surface area contributed by atoms with E-state index in [0.29, 0.717) is 11.6 Å². The fourth-order valence-electron chi connectivity index (χ4n) is 2.65. The van der Waals surface area contributed by atoms with Gasteiger partial charge in [0.15, 0.2) is 9.84 Å². The zero-order chi connectivity index (χ0) is 19.7. The lowest BCUT2D eigenvalue weighted by Crippen LogP contribution is -2.17. The molecule has 0 spiro atoms. The normalized spacial score (nSPS) is 15.0. The number of hydrogen-bond donors (Lipinski definition) is 1. The third-order valence-corrected chi connectivity index (χ3v) is 7.05. The molecule has 0 fully saturated rings. The van der Waals surface area contributed by atoms with Crippen molar-refractivity contribution in [1.82, 2.24) is 0 Å². The number of sulfone groups is 1. The van der Waals surface area contributed by atoms with E-state index < -0.39 is 31.5 Å². The number of anilines is 1. The lowest BCUT2D eigenvalue weighted by molar-refractivity contribution is 0.484. The summed E-state index contributed by atoms with van der Waals surface area (Å²) in [6.45, 7) is 0.660. The number of hydrogen-bond acceptors (Lipinski definition) is 6. The van der Waals surface area contributed by atoms with Gasteiger partial charge < -0.3 is 0 Å². The molecule has 0 aromatic heterocycles. The Morgan fingerprint density at radius 1 is 0.963 bits per heavy atom. The fourth-order valence-corrected chi connectivity index (χ4v) is 5.28. The Hall–Kier alpha value is -1.94. The third-order valence-electron chi connectivity index (χ3n) is 4.08. The molecule has 1 N–H and O–H groups in total. The molecule has 1 aliphatic heterocycles. The van der Waals surface area contributed by atoms with Crippen LogP contribution in [0.5, 0.6) is 0 Å². The molecule has 0 unspecified atom stereocenters. The molecule has 0 aliphatic carbocycles. The highest BCUT2D eigenvalue weighted by molar-refractivity contribution is 7.93. The highest BCUT2D eigenvalue weighted by atomic mass is 35.5. The van der Waals surface area contributed by atoms with Gasteiger partial charge in [0.05, 0.1) is 27.8 Å². The minimum Gasteiger partial charge on any atom is -0.286 e. The Kier molecular flexibility index (Phi) is 5.57. The van der Waals surface area contributed by atoms with Gasteiger partial charge in [-0.15, -0.1) is 0 Å². The molecule has 0 saturated carbocycles. The number of benzene rings is 2. The van der Waals surface area contributed by atoms with Crippen LogP contribution >= 0.6 is 11.6 Å². The molecule has 0 saturated heterocycles. The van der Waals surface area contributed by atoms with Crippen molar-refractivity contribution in [1.29, 1.82) is 0 Å². The van der Waals surface area contributed by atoms with Crippen LogP contribution in [-0.4, -0.2) is 45.2 Å². The Morgan fingerprint density at radius 3 is 2.19 bits per heavy atom. The molecule has 1 aliphatic rings. The van der Waals surface area contributed by atoms with E-state index in [1.807, 2.05) is 12.1 Å². The quantitative estimate of drug-likeness (QED) is 0.709. The van der Waals surface area contributed by atoms with Crippen molar-refractivity contribution in [3.8, 4) is 0 Å². The van der Waals surface area contributed by atoms with Crippen molar-refractivity contribution in [3.63, 3.8) is 0 Å². The first-order chi connectivity index (χ1) is 12.6. The molecule has 0 radical (unpaired) electrons. The van der Waals surface area contributed by atoms with Crippen LogP contribution in [0.2, 0.25) is 5.02 Å². The molecule has 0 bridgehead atoms. The number of hydrazone groups is 1. The van der Waals surface area contributed by atoms with Gasteiger partial charge in [0.1, 0.15) is 0 Å². The Labute approximate surface area is 162 Å². The lowest BCUT2D eigenvalue weighted by Gasteiger charge is -2.14. The monoisotopic (exact) mass is 428 g/mol. The molecular weight excluding hydrogens is 412 g/mol. The SMILES string of the molecule is O=S(=O)(O)CCS(=O)(=O)c1ccc(N2CCC(c3ccc(Cl)cc3)=N2)cc1. The molecule has 7 nitrogen and oxygen atoms in total. The van der Waals surface area contributed by atoms with Crippen LogP contribution in [0.4, 0.5) is 5.69 Å². The molecule has 27 heavy (non-hydrogen) atoms.